The van der Waals surface area contributed by atoms with Crippen LogP contribution in [-0.2, 0) is 48.6 Å². The Hall–Kier alpha value is -12.4. The Balaban J connectivity index is 0.930. The van der Waals surface area contributed by atoms with Crippen molar-refractivity contribution in [2.75, 3.05) is 21.2 Å². The Bertz CT molecular complexity index is 7040. The SMILES string of the molecule is [2H]c1c([2H])c([2H])c(Cc2ccc3c(c2)N(Cc2c(-c4ccccc4)cccc2-c2ccccc2)c2cc(CCN(c4ccc(-n5c6c([2H])c([2H])c([2H])c([2H])c6c6c([2H])c([2H])c([2H])c([2H])c65)cc4)c4c([2H])c([2H])c([2H])c([2H])c4[2H])cc4c2B3c2ccc(Cc3cc(C(C)(C)C)cc(C(C)(C)C)c3)cc2N4Cc2c(-c3ccccc3)cc(C(C)(C)C)cc2-c2ccccc2)c([2H])c1[2H]. The predicted octanol–water partition coefficient (Wildman–Crippen LogP) is 25.7. The summed E-state index contributed by atoms with van der Waals surface area (Å²) in [6.45, 7) is 20.3. The molecule has 18 rings (SSSR count). The minimum atomic E-state index is -0.598. The Morgan fingerprint density at radius 3 is 1.20 bits per heavy atom. The third-order valence-electron chi connectivity index (χ3n) is 22.6. The van der Waals surface area contributed by atoms with Crippen molar-refractivity contribution in [2.24, 2.45) is 0 Å². The van der Waals surface area contributed by atoms with Crippen LogP contribution in [0.25, 0.3) is 72.0 Å². The van der Waals surface area contributed by atoms with Gasteiger partial charge in [0.05, 0.1) is 35.7 Å². The first kappa shape index (κ1) is 54.2. The number of anilines is 6. The summed E-state index contributed by atoms with van der Waals surface area (Å²) in [5.74, 6) is 0. The fraction of sp³-hybridized carbons (Fsp3) is 0.167. The van der Waals surface area contributed by atoms with Gasteiger partial charge in [-0.1, -0.05) is 341 Å². The summed E-state index contributed by atoms with van der Waals surface area (Å²) in [4.78, 5) is 6.61. The Labute approximate surface area is 694 Å². The zero-order valence-electron chi connectivity index (χ0n) is 83.2. The van der Waals surface area contributed by atoms with Crippen LogP contribution in [0.4, 0.5) is 34.1 Å². The first-order chi connectivity index (χ1) is 62.4. The van der Waals surface area contributed by atoms with Crippen LogP contribution in [0.1, 0.15) is 143 Å². The molecule has 0 saturated carbocycles. The van der Waals surface area contributed by atoms with Crippen molar-refractivity contribution < 1.29 is 24.7 Å². The van der Waals surface area contributed by atoms with Gasteiger partial charge in [0.2, 0.25) is 0 Å². The molecule has 0 unspecified atom stereocenters. The summed E-state index contributed by atoms with van der Waals surface area (Å²) in [6.07, 6.45) is 0.694. The van der Waals surface area contributed by atoms with E-state index in [4.69, 9.17) is 11.0 Å². The lowest BCUT2D eigenvalue weighted by atomic mass is 9.33. The molecule has 113 heavy (non-hydrogen) atoms. The Kier molecular flexibility index (Phi) is 14.2. The van der Waals surface area contributed by atoms with Crippen molar-refractivity contribution in [3.63, 3.8) is 0 Å². The largest absolute Gasteiger partial charge is 0.341 e. The maximum Gasteiger partial charge on any atom is 0.252 e. The second-order valence-corrected chi connectivity index (χ2v) is 33.1. The quantitative estimate of drug-likeness (QED) is 0.0796. The van der Waals surface area contributed by atoms with Crippen molar-refractivity contribution >= 4 is 79.0 Å². The van der Waals surface area contributed by atoms with Gasteiger partial charge in [-0.25, -0.2) is 0 Å². The molecule has 3 heterocycles. The zero-order chi connectivity index (χ0) is 92.8. The molecule has 0 radical (unpaired) electrons. The molecule has 16 aromatic rings. The number of aromatic nitrogens is 1. The second-order valence-electron chi connectivity index (χ2n) is 33.1. The Morgan fingerprint density at radius 2 is 0.735 bits per heavy atom. The van der Waals surface area contributed by atoms with Crippen molar-refractivity contribution in [1.29, 1.82) is 0 Å². The van der Waals surface area contributed by atoms with Crippen LogP contribution in [0, 0.1) is 0 Å². The van der Waals surface area contributed by atoms with Crippen LogP contribution in [0.3, 0.4) is 0 Å². The maximum atomic E-state index is 9.87. The molecule has 0 spiro atoms. The molecule has 15 aromatic carbocycles. The molecule has 552 valence electrons. The van der Waals surface area contributed by atoms with Crippen LogP contribution in [0.15, 0.2) is 351 Å². The topological polar surface area (TPSA) is 14.7 Å². The van der Waals surface area contributed by atoms with E-state index in [1.807, 2.05) is 54.6 Å². The molecule has 1 aromatic heterocycles. The van der Waals surface area contributed by atoms with Gasteiger partial charge >= 0.3 is 0 Å². The van der Waals surface area contributed by atoms with E-state index in [0.717, 1.165) is 117 Å². The van der Waals surface area contributed by atoms with E-state index < -0.39 is 103 Å². The van der Waals surface area contributed by atoms with Crippen molar-refractivity contribution in [3.05, 3.63) is 407 Å². The second kappa shape index (κ2) is 29.7. The summed E-state index contributed by atoms with van der Waals surface area (Å²) in [6, 6.07) is 75.6. The third kappa shape index (κ3) is 14.2. The lowest BCUT2D eigenvalue weighted by Gasteiger charge is -2.45. The van der Waals surface area contributed by atoms with Crippen LogP contribution in [0.5, 0.6) is 0 Å². The summed E-state index contributed by atoms with van der Waals surface area (Å²) in [7, 11) is 0. The fourth-order valence-corrected chi connectivity index (χ4v) is 16.8. The van der Waals surface area contributed by atoms with Gasteiger partial charge in [-0.3, -0.25) is 0 Å². The van der Waals surface area contributed by atoms with E-state index >= 15 is 0 Å². The molecular formula is C108H97BN4. The van der Waals surface area contributed by atoms with Gasteiger partial charge in [-0.15, -0.1) is 0 Å². The van der Waals surface area contributed by atoms with E-state index in [-0.39, 0.29) is 93.0 Å². The minimum Gasteiger partial charge on any atom is -0.341 e. The number of rotatable bonds is 18. The molecule has 0 saturated heterocycles. The summed E-state index contributed by atoms with van der Waals surface area (Å²) >= 11 is 0. The zero-order valence-corrected chi connectivity index (χ0v) is 65.2. The highest BCUT2D eigenvalue weighted by molar-refractivity contribution is 7.00. The summed E-state index contributed by atoms with van der Waals surface area (Å²) < 4.78 is 167. The lowest BCUT2D eigenvalue weighted by Crippen LogP contribution is -2.62. The highest BCUT2D eigenvalue weighted by Crippen LogP contribution is 2.47. The highest BCUT2D eigenvalue weighted by atomic mass is 15.2. The van der Waals surface area contributed by atoms with E-state index in [0.29, 0.717) is 24.2 Å². The van der Waals surface area contributed by atoms with E-state index in [9.17, 15) is 13.7 Å². The minimum absolute atomic E-state index is 0.0165. The summed E-state index contributed by atoms with van der Waals surface area (Å²) in [5, 5.41) is -0.200. The van der Waals surface area contributed by atoms with Gasteiger partial charge in [0.25, 0.3) is 6.71 Å². The maximum absolute atomic E-state index is 9.87. The molecule has 4 nitrogen and oxygen atoms in total. The van der Waals surface area contributed by atoms with Crippen LogP contribution in [-0.4, -0.2) is 17.8 Å². The monoisotopic (exact) mass is 1480 g/mol. The number of para-hydroxylation sites is 3. The fourth-order valence-electron chi connectivity index (χ4n) is 16.8. The van der Waals surface area contributed by atoms with Gasteiger partial charge in [0, 0.05) is 70.2 Å². The lowest BCUT2D eigenvalue weighted by molar-refractivity contribution is 0.567. The summed E-state index contributed by atoms with van der Waals surface area (Å²) in [5.41, 5.74) is 23.6. The predicted molar refractivity (Wildman–Crippen MR) is 483 cm³/mol. The number of benzene rings is 15. The van der Waals surface area contributed by atoms with Gasteiger partial charge in [0.15, 0.2) is 0 Å². The highest BCUT2D eigenvalue weighted by Gasteiger charge is 2.44. The molecule has 0 fully saturated rings. The number of hydrogen-bond acceptors (Lipinski definition) is 3. The smallest absolute Gasteiger partial charge is 0.252 e. The van der Waals surface area contributed by atoms with Crippen LogP contribution >= 0.6 is 0 Å². The molecule has 0 amide bonds. The van der Waals surface area contributed by atoms with Gasteiger partial charge < -0.3 is 19.3 Å². The first-order valence-corrected chi connectivity index (χ1v) is 39.0. The molecule has 2 aliphatic rings. The first-order valence-electron chi connectivity index (χ1n) is 48.0. The Morgan fingerprint density at radius 1 is 0.327 bits per heavy atom. The normalized spacial score (nSPS) is 14.9. The third-order valence-corrected chi connectivity index (χ3v) is 22.6. The van der Waals surface area contributed by atoms with Gasteiger partial charge in [-0.05, 0) is 225 Å². The van der Waals surface area contributed by atoms with Crippen molar-refractivity contribution in [1.82, 2.24) is 4.57 Å². The van der Waals surface area contributed by atoms with Crippen LogP contribution in [0.2, 0.25) is 0 Å². The number of hydrogen-bond donors (Lipinski definition) is 0. The molecule has 0 aliphatic carbocycles. The van der Waals surface area contributed by atoms with E-state index in [1.54, 1.807) is 29.2 Å². The molecule has 2 aliphatic heterocycles. The molecule has 0 atom stereocenters. The van der Waals surface area contributed by atoms with Gasteiger partial charge in [-0.2, -0.15) is 0 Å². The molecule has 0 bridgehead atoms. The molecule has 5 heteroatoms. The molecular weight excluding hydrogens is 1360 g/mol. The average Bonchev–Trinajstić information content (AvgIpc) is 1.68. The van der Waals surface area contributed by atoms with Crippen LogP contribution < -0.4 is 31.1 Å². The average molecular weight is 1480 g/mol. The number of nitrogens with zero attached hydrogens (tertiary/aromatic N) is 4. The van der Waals surface area contributed by atoms with E-state index in [1.165, 1.54) is 15.7 Å². The number of fused-ring (bicyclic) bond motifs is 7. The van der Waals surface area contributed by atoms with E-state index in [2.05, 4.69) is 236 Å². The van der Waals surface area contributed by atoms with Gasteiger partial charge in [0.1, 0.15) is 0 Å². The van der Waals surface area contributed by atoms with Crippen molar-refractivity contribution in [2.45, 2.75) is 111 Å². The molecule has 0 N–H and O–H groups in total. The van der Waals surface area contributed by atoms with Crippen molar-refractivity contribution in [3.8, 4) is 50.2 Å². The standard InChI is InChI=1S/C108H97BN4/c1-106(2,3)83-63-78(64-84(69-83)107(4,5)6)62-76-52-58-98-102(66-76)112(73-96-93(81-39-22-13-23-40-81)70-85(108(7,8)9)71-94(96)82-41-24-14-25-42-82)104-68-77(59-60-110(86-43-26-15-27-44-86)87-53-55-88(56-54-87)113-99-49-30-28-45-91(99)92-46-29-31-50-100(92)113)67-103-105(104)109(98)97-57-51-75(61-74-33-16-10-17-34-74)65-101(97)111(103)72-95-89(79-35-18-11-19-36-79)47-32-48-90(95)80-37-20-12-21-38-80/h10-58,63-71H,59-62,72-73H2,1-9H3/i10D,15D,16D,17D,26D,27D,28D,29D,30D,31D,33D,34D,43D,44D,45D,46D,49D,50D.